The van der Waals surface area contributed by atoms with Crippen LogP contribution in [0.3, 0.4) is 0 Å². The average Bonchev–Trinajstić information content (AvgIpc) is 2.91. The molecule has 1 heterocycles. The summed E-state index contributed by atoms with van der Waals surface area (Å²) in [5.74, 6) is 0.278. The molecule has 3 aromatic carbocycles. The zero-order valence-electron chi connectivity index (χ0n) is 21.0. The molecule has 0 aromatic heterocycles. The van der Waals surface area contributed by atoms with Gasteiger partial charge in [0.2, 0.25) is 0 Å². The van der Waals surface area contributed by atoms with Crippen molar-refractivity contribution in [1.82, 2.24) is 15.5 Å². The number of aliphatic hydroxyl groups excluding tert-OH is 1. The molecule has 4 rings (SSSR count). The summed E-state index contributed by atoms with van der Waals surface area (Å²) in [5.41, 5.74) is 1.77. The van der Waals surface area contributed by atoms with Gasteiger partial charge in [0, 0.05) is 43.8 Å². The van der Waals surface area contributed by atoms with E-state index in [1.54, 1.807) is 23.1 Å². The molecule has 7 heteroatoms. The smallest absolute Gasteiger partial charge is 0.253 e. The average molecular weight is 487 g/mol. The SMILES string of the molecule is CC(C)(Cc1cccc2ccccc12)NC[C@@H](O)COc1ccc(C(=O)N2CCNCC2)cc1C#N. The summed E-state index contributed by atoms with van der Waals surface area (Å²) >= 11 is 0. The molecule has 1 amide bonds. The van der Waals surface area contributed by atoms with E-state index in [0.29, 0.717) is 30.9 Å². The zero-order chi connectivity index (χ0) is 25.5. The minimum absolute atomic E-state index is 0.0388. The van der Waals surface area contributed by atoms with Crippen LogP contribution in [0.1, 0.15) is 35.3 Å². The third-order valence-electron chi connectivity index (χ3n) is 6.51. The molecule has 1 saturated heterocycles. The number of nitrogens with zero attached hydrogens (tertiary/aromatic N) is 2. The summed E-state index contributed by atoms with van der Waals surface area (Å²) in [6, 6.07) is 21.7. The molecule has 0 unspecified atom stereocenters. The number of hydrogen-bond donors (Lipinski definition) is 3. The van der Waals surface area contributed by atoms with Crippen molar-refractivity contribution < 1.29 is 14.6 Å². The minimum Gasteiger partial charge on any atom is -0.489 e. The van der Waals surface area contributed by atoms with E-state index in [4.69, 9.17) is 4.74 Å². The Morgan fingerprint density at radius 2 is 1.92 bits per heavy atom. The first kappa shape index (κ1) is 25.6. The van der Waals surface area contributed by atoms with Crippen molar-refractivity contribution in [3.63, 3.8) is 0 Å². The number of β-amino-alcohol motifs (C(OH)–C–C–N with tert-alkyl or cyclic N) is 1. The predicted octanol–water partition coefficient (Wildman–Crippen LogP) is 3.11. The highest BCUT2D eigenvalue weighted by atomic mass is 16.5. The first-order valence-corrected chi connectivity index (χ1v) is 12.4. The zero-order valence-corrected chi connectivity index (χ0v) is 21.0. The number of carbonyl (C=O) groups is 1. The minimum atomic E-state index is -0.759. The van der Waals surface area contributed by atoms with Crippen LogP contribution in [-0.2, 0) is 6.42 Å². The van der Waals surface area contributed by atoms with Crippen molar-refractivity contribution in [2.75, 3.05) is 39.3 Å². The number of piperazine rings is 1. The number of benzene rings is 3. The lowest BCUT2D eigenvalue weighted by atomic mass is 9.91. The fraction of sp³-hybridized carbons (Fsp3) is 0.379. The molecule has 1 aliphatic rings. The number of aliphatic hydroxyl groups is 1. The van der Waals surface area contributed by atoms with E-state index in [9.17, 15) is 15.2 Å². The maximum atomic E-state index is 12.7. The van der Waals surface area contributed by atoms with Crippen molar-refractivity contribution in [2.24, 2.45) is 0 Å². The second-order valence-electron chi connectivity index (χ2n) is 9.91. The summed E-state index contributed by atoms with van der Waals surface area (Å²) in [4.78, 5) is 14.5. The predicted molar refractivity (Wildman–Crippen MR) is 141 cm³/mol. The Morgan fingerprint density at radius 1 is 1.17 bits per heavy atom. The lowest BCUT2D eigenvalue weighted by molar-refractivity contribution is 0.0735. The van der Waals surface area contributed by atoms with E-state index in [0.717, 1.165) is 19.5 Å². The van der Waals surface area contributed by atoms with Gasteiger partial charge in [-0.2, -0.15) is 5.26 Å². The topological polar surface area (TPSA) is 97.6 Å². The summed E-state index contributed by atoms with van der Waals surface area (Å²) in [6.45, 7) is 7.44. The number of rotatable bonds is 9. The molecule has 188 valence electrons. The molecule has 0 radical (unpaired) electrons. The van der Waals surface area contributed by atoms with Crippen molar-refractivity contribution in [3.8, 4) is 11.8 Å². The van der Waals surface area contributed by atoms with Crippen LogP contribution in [-0.4, -0.2) is 66.9 Å². The Morgan fingerprint density at radius 3 is 2.69 bits per heavy atom. The molecule has 0 spiro atoms. The summed E-state index contributed by atoms with van der Waals surface area (Å²) in [7, 11) is 0. The summed E-state index contributed by atoms with van der Waals surface area (Å²) in [6.07, 6.45) is 0.0498. The van der Waals surface area contributed by atoms with Gasteiger partial charge in [-0.15, -0.1) is 0 Å². The van der Waals surface area contributed by atoms with Crippen LogP contribution in [0, 0.1) is 11.3 Å². The Hall–Kier alpha value is -3.44. The van der Waals surface area contributed by atoms with Crippen LogP contribution in [0.4, 0.5) is 0 Å². The van der Waals surface area contributed by atoms with Gasteiger partial charge in [-0.1, -0.05) is 42.5 Å². The summed E-state index contributed by atoms with van der Waals surface area (Å²) < 4.78 is 5.76. The van der Waals surface area contributed by atoms with Crippen molar-refractivity contribution >= 4 is 16.7 Å². The van der Waals surface area contributed by atoms with Gasteiger partial charge in [-0.25, -0.2) is 0 Å². The molecule has 3 N–H and O–H groups in total. The number of nitriles is 1. The fourth-order valence-electron chi connectivity index (χ4n) is 4.55. The van der Waals surface area contributed by atoms with Gasteiger partial charge in [0.1, 0.15) is 24.5 Å². The van der Waals surface area contributed by atoms with Crippen molar-refractivity contribution in [3.05, 3.63) is 77.4 Å². The lowest BCUT2D eigenvalue weighted by Crippen LogP contribution is -2.46. The van der Waals surface area contributed by atoms with E-state index in [1.807, 2.05) is 6.07 Å². The lowest BCUT2D eigenvalue weighted by Gasteiger charge is -2.28. The number of fused-ring (bicyclic) bond motifs is 1. The number of nitrogens with one attached hydrogen (secondary N) is 2. The molecule has 7 nitrogen and oxygen atoms in total. The van der Waals surface area contributed by atoms with Gasteiger partial charge in [0.15, 0.2) is 0 Å². The van der Waals surface area contributed by atoms with Crippen molar-refractivity contribution in [2.45, 2.75) is 31.9 Å². The highest BCUT2D eigenvalue weighted by Gasteiger charge is 2.22. The highest BCUT2D eigenvalue weighted by molar-refractivity contribution is 5.95. The van der Waals surface area contributed by atoms with Crippen LogP contribution in [0.15, 0.2) is 60.7 Å². The van der Waals surface area contributed by atoms with Gasteiger partial charge < -0.3 is 25.4 Å². The number of hydrogen-bond acceptors (Lipinski definition) is 6. The third-order valence-corrected chi connectivity index (χ3v) is 6.51. The van der Waals surface area contributed by atoms with Crippen molar-refractivity contribution in [1.29, 1.82) is 5.26 Å². The molecule has 3 aromatic rings. The molecule has 1 fully saturated rings. The molecule has 1 aliphatic heterocycles. The van der Waals surface area contributed by atoms with E-state index in [-0.39, 0.29) is 23.6 Å². The van der Waals surface area contributed by atoms with Crippen LogP contribution < -0.4 is 15.4 Å². The number of carbonyl (C=O) groups excluding carboxylic acids is 1. The van der Waals surface area contributed by atoms with Crippen LogP contribution in [0.2, 0.25) is 0 Å². The van der Waals surface area contributed by atoms with E-state index >= 15 is 0 Å². The Labute approximate surface area is 212 Å². The molecule has 36 heavy (non-hydrogen) atoms. The Balaban J connectivity index is 1.31. The normalized spacial score (nSPS) is 14.9. The number of ether oxygens (including phenoxy) is 1. The fourth-order valence-corrected chi connectivity index (χ4v) is 4.55. The maximum absolute atomic E-state index is 12.7. The maximum Gasteiger partial charge on any atom is 0.253 e. The Bertz CT molecular complexity index is 1240. The van der Waals surface area contributed by atoms with Gasteiger partial charge in [-0.05, 0) is 54.8 Å². The van der Waals surface area contributed by atoms with Gasteiger partial charge in [0.05, 0.1) is 5.56 Å². The first-order chi connectivity index (χ1) is 17.4. The third kappa shape index (κ3) is 6.41. The molecular weight excluding hydrogens is 452 g/mol. The van der Waals surface area contributed by atoms with Crippen LogP contribution in [0.5, 0.6) is 5.75 Å². The standard InChI is InChI=1S/C29H34N4O3/c1-29(2,17-23-8-5-7-21-6-3-4-9-26(21)23)32-19-25(34)20-36-27-11-10-22(16-24(27)18-30)28(35)33-14-12-31-13-15-33/h3-11,16,25,31-32,34H,12-15,17,19-20H2,1-2H3/t25-/m1/s1. The second-order valence-corrected chi connectivity index (χ2v) is 9.91. The highest BCUT2D eigenvalue weighted by Crippen LogP contribution is 2.23. The van der Waals surface area contributed by atoms with Crippen LogP contribution >= 0.6 is 0 Å². The number of amides is 1. The van der Waals surface area contributed by atoms with Gasteiger partial charge in [0.25, 0.3) is 5.91 Å². The van der Waals surface area contributed by atoms with E-state index in [2.05, 4.69) is 66.9 Å². The molecule has 1 atom stereocenters. The van der Waals surface area contributed by atoms with Crippen LogP contribution in [0.25, 0.3) is 10.8 Å². The summed E-state index contributed by atoms with van der Waals surface area (Å²) in [5, 5.41) is 29.3. The largest absolute Gasteiger partial charge is 0.489 e. The Kier molecular flexibility index (Phi) is 8.21. The molecular formula is C29H34N4O3. The first-order valence-electron chi connectivity index (χ1n) is 12.4. The second kappa shape index (κ2) is 11.5. The molecule has 0 bridgehead atoms. The molecule has 0 saturated carbocycles. The van der Waals surface area contributed by atoms with E-state index in [1.165, 1.54) is 16.3 Å². The monoisotopic (exact) mass is 486 g/mol. The quantitative estimate of drug-likeness (QED) is 0.430. The van der Waals surface area contributed by atoms with E-state index < -0.39 is 6.10 Å². The molecule has 0 aliphatic carbocycles. The van der Waals surface area contributed by atoms with Gasteiger partial charge in [-0.3, -0.25) is 4.79 Å². The van der Waals surface area contributed by atoms with Gasteiger partial charge >= 0.3 is 0 Å².